The molecule has 0 unspecified atom stereocenters. The summed E-state index contributed by atoms with van der Waals surface area (Å²) in [5.74, 6) is 2.00. The Morgan fingerprint density at radius 3 is 2.41 bits per heavy atom. The van der Waals surface area contributed by atoms with E-state index in [1.807, 2.05) is 41.0 Å². The third kappa shape index (κ3) is 4.32. The molecule has 1 heterocycles. The summed E-state index contributed by atoms with van der Waals surface area (Å²) in [4.78, 5) is 0. The van der Waals surface area contributed by atoms with Gasteiger partial charge in [0, 0.05) is 17.0 Å². The van der Waals surface area contributed by atoms with Gasteiger partial charge in [-0.15, -0.1) is 10.2 Å². The number of thioether (sulfide) groups is 1. The van der Waals surface area contributed by atoms with Crippen LogP contribution in [0.25, 0.3) is 17.1 Å². The standard InChI is InChI=1S/C23H20FN3OS/c1-16-4-3-5-20(14-16)27-22(18-8-10-19(24)11-9-18)25-26-23(27)29-15-17-6-12-21(28-2)13-7-17/h3-14H,15H2,1-2H3. The number of aromatic nitrogens is 3. The van der Waals surface area contributed by atoms with E-state index in [1.165, 1.54) is 12.1 Å². The summed E-state index contributed by atoms with van der Waals surface area (Å²) in [6.45, 7) is 2.05. The maximum Gasteiger partial charge on any atom is 0.196 e. The van der Waals surface area contributed by atoms with E-state index < -0.39 is 0 Å². The van der Waals surface area contributed by atoms with Crippen molar-refractivity contribution in [3.05, 3.63) is 89.7 Å². The smallest absolute Gasteiger partial charge is 0.196 e. The molecule has 0 aliphatic carbocycles. The van der Waals surface area contributed by atoms with Crippen LogP contribution >= 0.6 is 11.8 Å². The van der Waals surface area contributed by atoms with E-state index in [-0.39, 0.29) is 5.82 Å². The van der Waals surface area contributed by atoms with E-state index in [4.69, 9.17) is 4.74 Å². The van der Waals surface area contributed by atoms with Crippen LogP contribution < -0.4 is 4.74 Å². The molecule has 0 bridgehead atoms. The highest BCUT2D eigenvalue weighted by Crippen LogP contribution is 2.30. The molecule has 0 amide bonds. The lowest BCUT2D eigenvalue weighted by Gasteiger charge is -2.11. The van der Waals surface area contributed by atoms with Crippen molar-refractivity contribution >= 4 is 11.8 Å². The van der Waals surface area contributed by atoms with Crippen molar-refractivity contribution in [2.24, 2.45) is 0 Å². The third-order valence-corrected chi connectivity index (χ3v) is 5.52. The van der Waals surface area contributed by atoms with Gasteiger partial charge in [-0.2, -0.15) is 0 Å². The fourth-order valence-corrected chi connectivity index (χ4v) is 3.93. The van der Waals surface area contributed by atoms with Crippen LogP contribution in [-0.2, 0) is 5.75 Å². The molecular weight excluding hydrogens is 385 g/mol. The Balaban J connectivity index is 1.70. The van der Waals surface area contributed by atoms with Gasteiger partial charge in [-0.25, -0.2) is 4.39 Å². The Hall–Kier alpha value is -3.12. The van der Waals surface area contributed by atoms with Gasteiger partial charge in [0.05, 0.1) is 7.11 Å². The molecule has 1 aromatic heterocycles. The maximum absolute atomic E-state index is 13.4. The molecule has 4 nitrogen and oxygen atoms in total. The SMILES string of the molecule is COc1ccc(CSc2nnc(-c3ccc(F)cc3)n2-c2cccc(C)c2)cc1. The van der Waals surface area contributed by atoms with Crippen molar-refractivity contribution < 1.29 is 9.13 Å². The number of benzene rings is 3. The topological polar surface area (TPSA) is 39.9 Å². The number of rotatable bonds is 6. The molecular formula is C23H20FN3OS. The minimum Gasteiger partial charge on any atom is -0.497 e. The lowest BCUT2D eigenvalue weighted by Crippen LogP contribution is -2.00. The van der Waals surface area contributed by atoms with E-state index in [9.17, 15) is 4.39 Å². The fourth-order valence-electron chi connectivity index (χ4n) is 3.02. The minimum atomic E-state index is -0.274. The van der Waals surface area contributed by atoms with Gasteiger partial charge in [-0.1, -0.05) is 36.0 Å². The van der Waals surface area contributed by atoms with Gasteiger partial charge >= 0.3 is 0 Å². The molecule has 0 saturated carbocycles. The number of nitrogens with zero attached hydrogens (tertiary/aromatic N) is 3. The van der Waals surface area contributed by atoms with Crippen LogP contribution in [0.4, 0.5) is 4.39 Å². The first kappa shape index (κ1) is 19.2. The molecule has 4 aromatic rings. The van der Waals surface area contributed by atoms with E-state index in [1.54, 1.807) is 31.0 Å². The largest absolute Gasteiger partial charge is 0.497 e. The number of aryl methyl sites for hydroxylation is 1. The predicted molar refractivity (Wildman–Crippen MR) is 114 cm³/mol. The third-order valence-electron chi connectivity index (χ3n) is 4.52. The van der Waals surface area contributed by atoms with Crippen molar-refractivity contribution in [3.8, 4) is 22.8 Å². The molecule has 0 aliphatic heterocycles. The predicted octanol–water partition coefficient (Wildman–Crippen LogP) is 5.68. The van der Waals surface area contributed by atoms with Crippen molar-refractivity contribution in [1.29, 1.82) is 0 Å². The van der Waals surface area contributed by atoms with Gasteiger partial charge in [0.25, 0.3) is 0 Å². The number of methoxy groups -OCH3 is 1. The number of ether oxygens (including phenoxy) is 1. The monoisotopic (exact) mass is 405 g/mol. The zero-order chi connectivity index (χ0) is 20.2. The van der Waals surface area contributed by atoms with Crippen LogP contribution in [0, 0.1) is 12.7 Å². The van der Waals surface area contributed by atoms with Crippen molar-refractivity contribution in [1.82, 2.24) is 14.8 Å². The number of halogens is 1. The van der Waals surface area contributed by atoms with Crippen LogP contribution in [0.15, 0.2) is 78.0 Å². The second-order valence-electron chi connectivity index (χ2n) is 6.62. The highest BCUT2D eigenvalue weighted by molar-refractivity contribution is 7.98. The second-order valence-corrected chi connectivity index (χ2v) is 7.57. The normalized spacial score (nSPS) is 10.9. The first-order valence-electron chi connectivity index (χ1n) is 9.18. The van der Waals surface area contributed by atoms with Crippen LogP contribution in [0.1, 0.15) is 11.1 Å². The molecule has 0 radical (unpaired) electrons. The average Bonchev–Trinajstić information content (AvgIpc) is 3.17. The molecule has 0 atom stereocenters. The van der Waals surface area contributed by atoms with Crippen molar-refractivity contribution in [2.45, 2.75) is 17.8 Å². The van der Waals surface area contributed by atoms with Crippen LogP contribution in [0.3, 0.4) is 0 Å². The van der Waals surface area contributed by atoms with Gasteiger partial charge in [-0.3, -0.25) is 4.57 Å². The number of hydrogen-bond donors (Lipinski definition) is 0. The van der Waals surface area contributed by atoms with Gasteiger partial charge in [0.2, 0.25) is 0 Å². The summed E-state index contributed by atoms with van der Waals surface area (Å²) in [6, 6.07) is 22.5. The maximum atomic E-state index is 13.4. The highest BCUT2D eigenvalue weighted by Gasteiger charge is 2.16. The van der Waals surface area contributed by atoms with E-state index in [0.29, 0.717) is 5.82 Å². The van der Waals surface area contributed by atoms with Crippen molar-refractivity contribution in [3.63, 3.8) is 0 Å². The summed E-state index contributed by atoms with van der Waals surface area (Å²) < 4.78 is 20.6. The lowest BCUT2D eigenvalue weighted by molar-refractivity contribution is 0.414. The zero-order valence-corrected chi connectivity index (χ0v) is 17.0. The molecule has 146 valence electrons. The molecule has 6 heteroatoms. The molecule has 0 fully saturated rings. The summed E-state index contributed by atoms with van der Waals surface area (Å²) in [5.41, 5.74) is 4.11. The van der Waals surface area contributed by atoms with Crippen LogP contribution in [0.5, 0.6) is 5.75 Å². The molecule has 3 aromatic carbocycles. The second kappa shape index (κ2) is 8.49. The van der Waals surface area contributed by atoms with Gasteiger partial charge in [0.1, 0.15) is 11.6 Å². The minimum absolute atomic E-state index is 0.274. The fraction of sp³-hybridized carbons (Fsp3) is 0.130. The number of hydrogen-bond acceptors (Lipinski definition) is 4. The summed E-state index contributed by atoms with van der Waals surface area (Å²) in [7, 11) is 1.66. The average molecular weight is 405 g/mol. The molecule has 0 saturated heterocycles. The first-order chi connectivity index (χ1) is 14.1. The molecule has 0 spiro atoms. The molecule has 29 heavy (non-hydrogen) atoms. The van der Waals surface area contributed by atoms with Gasteiger partial charge < -0.3 is 4.74 Å². The zero-order valence-electron chi connectivity index (χ0n) is 16.2. The molecule has 4 rings (SSSR count). The van der Waals surface area contributed by atoms with Gasteiger partial charge in [-0.05, 0) is 66.6 Å². The van der Waals surface area contributed by atoms with E-state index in [0.717, 1.165) is 39.0 Å². The summed E-state index contributed by atoms with van der Waals surface area (Å²) in [5, 5.41) is 9.62. The Morgan fingerprint density at radius 1 is 0.966 bits per heavy atom. The Kier molecular flexibility index (Phi) is 5.62. The van der Waals surface area contributed by atoms with Crippen LogP contribution in [0.2, 0.25) is 0 Å². The molecule has 0 N–H and O–H groups in total. The highest BCUT2D eigenvalue weighted by atomic mass is 32.2. The lowest BCUT2D eigenvalue weighted by atomic mass is 10.2. The van der Waals surface area contributed by atoms with Gasteiger partial charge in [0.15, 0.2) is 11.0 Å². The van der Waals surface area contributed by atoms with Crippen molar-refractivity contribution in [2.75, 3.05) is 7.11 Å². The summed E-state index contributed by atoms with van der Waals surface area (Å²) >= 11 is 1.61. The van der Waals surface area contributed by atoms with E-state index >= 15 is 0 Å². The summed E-state index contributed by atoms with van der Waals surface area (Å²) in [6.07, 6.45) is 0. The quantitative estimate of drug-likeness (QED) is 0.387. The first-order valence-corrected chi connectivity index (χ1v) is 10.2. The van der Waals surface area contributed by atoms with E-state index in [2.05, 4.69) is 29.3 Å². The van der Waals surface area contributed by atoms with Crippen LogP contribution in [-0.4, -0.2) is 21.9 Å². The Bertz CT molecular complexity index is 1110. The Labute approximate surface area is 173 Å². The Morgan fingerprint density at radius 2 is 1.72 bits per heavy atom. The molecule has 0 aliphatic rings.